The van der Waals surface area contributed by atoms with Crippen molar-refractivity contribution in [2.24, 2.45) is 11.7 Å². The summed E-state index contributed by atoms with van der Waals surface area (Å²) >= 11 is 1.48. The Morgan fingerprint density at radius 2 is 1.92 bits per heavy atom. The fourth-order valence-corrected chi connectivity index (χ4v) is 6.28. The summed E-state index contributed by atoms with van der Waals surface area (Å²) in [5, 5.41) is 4.31. The fraction of sp³-hybridized carbons (Fsp3) is 0.276. The van der Waals surface area contributed by atoms with E-state index in [1.165, 1.54) is 11.3 Å². The number of fused-ring (bicyclic) bond motifs is 2. The molecule has 0 fully saturated rings. The van der Waals surface area contributed by atoms with Gasteiger partial charge in [-0.15, -0.1) is 11.3 Å². The molecule has 3 N–H and O–H groups in total. The molecule has 1 aliphatic rings. The number of para-hydroxylation sites is 1. The lowest BCUT2D eigenvalue weighted by Gasteiger charge is -2.20. The molecule has 0 spiro atoms. The Balaban J connectivity index is 1.53. The Hall–Kier alpha value is -3.71. The van der Waals surface area contributed by atoms with Crippen molar-refractivity contribution in [3.05, 3.63) is 76.2 Å². The molecular weight excluding hydrogens is 470 g/mol. The molecule has 2 aromatic heterocycles. The van der Waals surface area contributed by atoms with Crippen LogP contribution in [0.15, 0.2) is 54.6 Å². The van der Waals surface area contributed by atoms with Gasteiger partial charge in [0.2, 0.25) is 0 Å². The van der Waals surface area contributed by atoms with Crippen LogP contribution in [-0.4, -0.2) is 23.4 Å². The molecule has 7 heteroatoms. The van der Waals surface area contributed by atoms with E-state index in [4.69, 9.17) is 15.5 Å². The molecule has 2 amide bonds. The van der Waals surface area contributed by atoms with Crippen molar-refractivity contribution in [1.29, 1.82) is 0 Å². The summed E-state index contributed by atoms with van der Waals surface area (Å²) in [6.45, 7) is 4.73. The number of aromatic nitrogens is 1. The predicted octanol–water partition coefficient (Wildman–Crippen LogP) is 6.23. The SMILES string of the molecule is CCOc1ccc(-c2cc(C(=O)Nc3sc4c(c3C(N)=O)CCC(CC)C4)c3ccccc3n2)cc1. The summed E-state index contributed by atoms with van der Waals surface area (Å²) in [6.07, 6.45) is 3.88. The largest absolute Gasteiger partial charge is 0.494 e. The number of pyridine rings is 1. The van der Waals surface area contributed by atoms with Gasteiger partial charge >= 0.3 is 0 Å². The highest BCUT2D eigenvalue weighted by atomic mass is 32.1. The molecule has 0 saturated carbocycles. The minimum absolute atomic E-state index is 0.283. The van der Waals surface area contributed by atoms with E-state index in [2.05, 4.69) is 12.2 Å². The molecule has 1 aliphatic carbocycles. The van der Waals surface area contributed by atoms with Gasteiger partial charge in [-0.1, -0.05) is 31.5 Å². The molecule has 5 rings (SSSR count). The van der Waals surface area contributed by atoms with Gasteiger partial charge in [-0.25, -0.2) is 4.98 Å². The number of thiophene rings is 1. The summed E-state index contributed by atoms with van der Waals surface area (Å²) in [7, 11) is 0. The van der Waals surface area contributed by atoms with Crippen molar-refractivity contribution < 1.29 is 14.3 Å². The number of anilines is 1. The topological polar surface area (TPSA) is 94.3 Å². The molecule has 0 bridgehead atoms. The summed E-state index contributed by atoms with van der Waals surface area (Å²) in [6, 6.07) is 17.1. The van der Waals surface area contributed by atoms with Crippen LogP contribution in [0.2, 0.25) is 0 Å². The third-order valence-electron chi connectivity index (χ3n) is 6.84. The van der Waals surface area contributed by atoms with Crippen LogP contribution >= 0.6 is 11.3 Å². The third-order valence-corrected chi connectivity index (χ3v) is 8.01. The van der Waals surface area contributed by atoms with Gasteiger partial charge in [0.25, 0.3) is 11.8 Å². The molecule has 1 atom stereocenters. The molecule has 0 saturated heterocycles. The first-order valence-corrected chi connectivity index (χ1v) is 13.2. The van der Waals surface area contributed by atoms with E-state index in [1.807, 2.05) is 55.5 Å². The first-order valence-electron chi connectivity index (χ1n) is 12.4. The van der Waals surface area contributed by atoms with Crippen molar-refractivity contribution in [2.75, 3.05) is 11.9 Å². The maximum atomic E-state index is 13.7. The second-order valence-corrected chi connectivity index (χ2v) is 10.2. The molecule has 36 heavy (non-hydrogen) atoms. The fourth-order valence-electron chi connectivity index (χ4n) is 4.92. The third kappa shape index (κ3) is 4.58. The van der Waals surface area contributed by atoms with E-state index in [9.17, 15) is 9.59 Å². The van der Waals surface area contributed by atoms with Crippen molar-refractivity contribution in [3.8, 4) is 17.0 Å². The zero-order valence-electron chi connectivity index (χ0n) is 20.5. The monoisotopic (exact) mass is 499 g/mol. The van der Waals surface area contributed by atoms with Crippen molar-refractivity contribution in [3.63, 3.8) is 0 Å². The molecule has 184 valence electrons. The van der Waals surface area contributed by atoms with Crippen LogP contribution in [0.4, 0.5) is 5.00 Å². The quantitative estimate of drug-likeness (QED) is 0.315. The van der Waals surface area contributed by atoms with E-state index >= 15 is 0 Å². The number of hydrogen-bond donors (Lipinski definition) is 2. The van der Waals surface area contributed by atoms with E-state index in [0.717, 1.165) is 58.3 Å². The molecule has 4 aromatic rings. The van der Waals surface area contributed by atoms with E-state index in [-0.39, 0.29) is 5.91 Å². The lowest BCUT2D eigenvalue weighted by molar-refractivity contribution is 0.1000. The maximum Gasteiger partial charge on any atom is 0.257 e. The highest BCUT2D eigenvalue weighted by molar-refractivity contribution is 7.17. The van der Waals surface area contributed by atoms with Crippen molar-refractivity contribution in [2.45, 2.75) is 39.5 Å². The minimum atomic E-state index is -0.493. The summed E-state index contributed by atoms with van der Waals surface area (Å²) < 4.78 is 5.55. The molecule has 2 aromatic carbocycles. The van der Waals surface area contributed by atoms with Gasteiger partial charge in [-0.2, -0.15) is 0 Å². The number of nitrogens with one attached hydrogen (secondary N) is 1. The second kappa shape index (κ2) is 10.1. The first-order chi connectivity index (χ1) is 17.5. The highest BCUT2D eigenvalue weighted by Crippen LogP contribution is 2.40. The number of rotatable bonds is 7. The van der Waals surface area contributed by atoms with Crippen molar-refractivity contribution in [1.82, 2.24) is 4.98 Å². The number of carbonyl (C=O) groups is 2. The number of nitrogens with zero attached hydrogens (tertiary/aromatic N) is 1. The second-order valence-electron chi connectivity index (χ2n) is 9.07. The van der Waals surface area contributed by atoms with Gasteiger partial charge in [-0.05, 0) is 74.1 Å². The van der Waals surface area contributed by atoms with Crippen LogP contribution in [0.25, 0.3) is 22.2 Å². The van der Waals surface area contributed by atoms with E-state index in [1.54, 1.807) is 6.07 Å². The number of amides is 2. The molecule has 2 heterocycles. The Labute approximate surface area is 214 Å². The molecule has 0 radical (unpaired) electrons. The van der Waals surface area contributed by atoms with Gasteiger partial charge in [0.15, 0.2) is 0 Å². The van der Waals surface area contributed by atoms with Gasteiger partial charge in [0.05, 0.1) is 28.9 Å². The summed E-state index contributed by atoms with van der Waals surface area (Å²) in [4.78, 5) is 32.0. The molecule has 6 nitrogen and oxygen atoms in total. The zero-order valence-corrected chi connectivity index (χ0v) is 21.3. The van der Waals surface area contributed by atoms with Crippen LogP contribution in [0.5, 0.6) is 5.75 Å². The molecule has 0 aliphatic heterocycles. The normalized spacial score (nSPS) is 14.9. The summed E-state index contributed by atoms with van der Waals surface area (Å²) in [5.41, 5.74) is 10.0. The Morgan fingerprint density at radius 1 is 1.14 bits per heavy atom. The van der Waals surface area contributed by atoms with Gasteiger partial charge < -0.3 is 15.8 Å². The Kier molecular flexibility index (Phi) is 6.74. The average Bonchev–Trinajstić information content (AvgIpc) is 3.25. The van der Waals surface area contributed by atoms with Crippen LogP contribution in [0.1, 0.15) is 57.8 Å². The zero-order chi connectivity index (χ0) is 25.2. The first kappa shape index (κ1) is 24.0. The highest BCUT2D eigenvalue weighted by Gasteiger charge is 2.28. The molecular formula is C29H29N3O3S. The van der Waals surface area contributed by atoms with E-state index < -0.39 is 5.91 Å². The number of benzene rings is 2. The number of nitrogens with two attached hydrogens (primary N) is 1. The van der Waals surface area contributed by atoms with Crippen LogP contribution in [0.3, 0.4) is 0 Å². The van der Waals surface area contributed by atoms with Crippen LogP contribution < -0.4 is 15.8 Å². The molecule has 1 unspecified atom stereocenters. The lowest BCUT2D eigenvalue weighted by Crippen LogP contribution is -2.20. The standard InChI is InChI=1S/C29H29N3O3S/c1-3-17-9-14-21-25(15-17)36-29(26(21)27(30)33)32-28(34)22-16-24(31-23-8-6-5-7-20(22)23)18-10-12-19(13-11-18)35-4-2/h5-8,10-13,16-17H,3-4,9,14-15H2,1-2H3,(H2,30,33)(H,32,34). The number of primary amides is 1. The van der Waals surface area contributed by atoms with Crippen LogP contribution in [0, 0.1) is 5.92 Å². The number of ether oxygens (including phenoxy) is 1. The van der Waals surface area contributed by atoms with Gasteiger partial charge in [0, 0.05) is 15.8 Å². The Morgan fingerprint density at radius 3 is 2.64 bits per heavy atom. The lowest BCUT2D eigenvalue weighted by atomic mass is 9.85. The number of hydrogen-bond acceptors (Lipinski definition) is 5. The van der Waals surface area contributed by atoms with Crippen molar-refractivity contribution >= 4 is 39.1 Å². The average molecular weight is 500 g/mol. The van der Waals surface area contributed by atoms with Gasteiger partial charge in [-0.3, -0.25) is 9.59 Å². The minimum Gasteiger partial charge on any atom is -0.494 e. The maximum absolute atomic E-state index is 13.7. The van der Waals surface area contributed by atoms with Gasteiger partial charge in [0.1, 0.15) is 10.8 Å². The smallest absolute Gasteiger partial charge is 0.257 e. The van der Waals surface area contributed by atoms with E-state index in [0.29, 0.717) is 34.3 Å². The number of carbonyl (C=O) groups excluding carboxylic acids is 2. The van der Waals surface area contributed by atoms with Crippen LogP contribution in [-0.2, 0) is 12.8 Å². The predicted molar refractivity (Wildman–Crippen MR) is 145 cm³/mol. The Bertz CT molecular complexity index is 1440. The summed E-state index contributed by atoms with van der Waals surface area (Å²) in [5.74, 6) is 0.605.